The first kappa shape index (κ1) is 20.9. The predicted molar refractivity (Wildman–Crippen MR) is 95.8 cm³/mol. The second-order valence-corrected chi connectivity index (χ2v) is 6.48. The highest BCUT2D eigenvalue weighted by atomic mass is 35.5. The number of hydrogen-bond donors (Lipinski definition) is 0. The van der Waals surface area contributed by atoms with E-state index in [2.05, 4.69) is 9.89 Å². The van der Waals surface area contributed by atoms with E-state index in [1.807, 2.05) is 0 Å². The second-order valence-electron chi connectivity index (χ2n) is 6.08. The number of ether oxygens (including phenoxy) is 2. The molecule has 0 atom stereocenters. The fraction of sp³-hybridized carbons (Fsp3) is 0.263. The highest BCUT2D eigenvalue weighted by Gasteiger charge is 2.32. The summed E-state index contributed by atoms with van der Waals surface area (Å²) in [6, 6.07) is 5.74. The van der Waals surface area contributed by atoms with Crippen LogP contribution in [0.1, 0.15) is 23.1 Å². The van der Waals surface area contributed by atoms with E-state index >= 15 is 0 Å². The lowest BCUT2D eigenvalue weighted by atomic mass is 10.1. The third-order valence-corrected chi connectivity index (χ3v) is 4.43. The number of methoxy groups -OCH3 is 1. The normalized spacial score (nSPS) is 14.6. The molecule has 0 heterocycles. The molecule has 0 saturated carbocycles. The molecular weight excluding hydrogens is 418 g/mol. The molecule has 0 N–H and O–H groups in total. The summed E-state index contributed by atoms with van der Waals surface area (Å²) in [7, 11) is 1.22. The molecule has 3 rings (SSSR count). The zero-order valence-electron chi connectivity index (χ0n) is 15.0. The van der Waals surface area contributed by atoms with Crippen molar-refractivity contribution in [1.29, 1.82) is 0 Å². The first-order valence-corrected chi connectivity index (χ1v) is 8.70. The van der Waals surface area contributed by atoms with E-state index in [0.717, 1.165) is 5.56 Å². The number of carbonyl (C=O) groups is 1. The van der Waals surface area contributed by atoms with Gasteiger partial charge in [-0.2, -0.15) is 13.2 Å². The Morgan fingerprint density at radius 2 is 1.97 bits per heavy atom. The molecule has 1 aliphatic rings. The summed E-state index contributed by atoms with van der Waals surface area (Å²) in [5.74, 6) is -2.18. The van der Waals surface area contributed by atoms with Crippen molar-refractivity contribution in [3.63, 3.8) is 0 Å². The maximum absolute atomic E-state index is 14.2. The van der Waals surface area contributed by atoms with E-state index in [-0.39, 0.29) is 12.4 Å². The first-order chi connectivity index (χ1) is 13.7. The van der Waals surface area contributed by atoms with Crippen molar-refractivity contribution in [1.82, 2.24) is 0 Å². The molecule has 0 bridgehead atoms. The van der Waals surface area contributed by atoms with Crippen LogP contribution in [0.4, 0.5) is 17.6 Å². The number of rotatable bonds is 5. The van der Waals surface area contributed by atoms with Crippen LogP contribution in [0, 0.1) is 5.82 Å². The van der Waals surface area contributed by atoms with Crippen molar-refractivity contribution >= 4 is 23.3 Å². The standard InChI is InChI=1S/C19H14ClF4NO4/c1-27-17(26)9-28-25-16-5-3-10-2-4-12(8-13(10)16)29-18-14(20)6-11(7-15(18)21)19(22,23)24/h2,4,6-8H,3,5,9H2,1H3/b25-16+. The second kappa shape index (κ2) is 8.28. The summed E-state index contributed by atoms with van der Waals surface area (Å²) >= 11 is 5.80. The van der Waals surface area contributed by atoms with Crippen molar-refractivity contribution in [3.05, 3.63) is 57.9 Å². The lowest BCUT2D eigenvalue weighted by molar-refractivity contribution is -0.145. The largest absolute Gasteiger partial charge is 0.466 e. The predicted octanol–water partition coefficient (Wildman–Crippen LogP) is 5.13. The number of nitrogens with zero attached hydrogens (tertiary/aromatic N) is 1. The Labute approximate surface area is 167 Å². The fourth-order valence-electron chi connectivity index (χ4n) is 2.75. The first-order valence-electron chi connectivity index (χ1n) is 8.32. The van der Waals surface area contributed by atoms with Crippen molar-refractivity contribution in [2.75, 3.05) is 13.7 Å². The van der Waals surface area contributed by atoms with Gasteiger partial charge in [0.15, 0.2) is 11.6 Å². The molecule has 2 aromatic rings. The van der Waals surface area contributed by atoms with E-state index in [1.54, 1.807) is 18.2 Å². The number of halogens is 5. The van der Waals surface area contributed by atoms with Crippen LogP contribution in [0.25, 0.3) is 0 Å². The molecule has 0 unspecified atom stereocenters. The highest BCUT2D eigenvalue weighted by molar-refractivity contribution is 6.32. The van der Waals surface area contributed by atoms with Gasteiger partial charge >= 0.3 is 12.1 Å². The Balaban J connectivity index is 1.83. The minimum Gasteiger partial charge on any atom is -0.466 e. The van der Waals surface area contributed by atoms with Gasteiger partial charge in [0, 0.05) is 5.56 Å². The van der Waals surface area contributed by atoms with E-state index < -0.39 is 34.3 Å². The lowest BCUT2D eigenvalue weighted by Crippen LogP contribution is -2.09. The molecule has 10 heteroatoms. The molecule has 0 fully saturated rings. The van der Waals surface area contributed by atoms with Gasteiger partial charge in [-0.3, -0.25) is 0 Å². The van der Waals surface area contributed by atoms with Crippen molar-refractivity contribution in [2.24, 2.45) is 5.16 Å². The van der Waals surface area contributed by atoms with Crippen LogP contribution in [0.3, 0.4) is 0 Å². The highest BCUT2D eigenvalue weighted by Crippen LogP contribution is 2.39. The van der Waals surface area contributed by atoms with Crippen LogP contribution >= 0.6 is 11.6 Å². The molecule has 5 nitrogen and oxygen atoms in total. The molecule has 0 saturated heterocycles. The Hall–Kier alpha value is -2.81. The molecule has 154 valence electrons. The van der Waals surface area contributed by atoms with E-state index in [0.29, 0.717) is 36.2 Å². The van der Waals surface area contributed by atoms with E-state index in [1.165, 1.54) is 7.11 Å². The third kappa shape index (κ3) is 4.79. The SMILES string of the molecule is COC(=O)CO/N=C1\CCc2ccc(Oc3c(F)cc(C(F)(F)F)cc3Cl)cc21. The van der Waals surface area contributed by atoms with Crippen LogP contribution in [-0.4, -0.2) is 25.4 Å². The quantitative estimate of drug-likeness (QED) is 0.374. The summed E-state index contributed by atoms with van der Waals surface area (Å²) in [6.07, 6.45) is -3.51. The van der Waals surface area contributed by atoms with Gasteiger partial charge < -0.3 is 14.3 Å². The maximum atomic E-state index is 14.2. The summed E-state index contributed by atoms with van der Waals surface area (Å²) < 4.78 is 62.3. The molecule has 0 spiro atoms. The van der Waals surface area contributed by atoms with Gasteiger partial charge in [-0.05, 0) is 42.7 Å². The van der Waals surface area contributed by atoms with Crippen molar-refractivity contribution in [3.8, 4) is 11.5 Å². The number of benzene rings is 2. The van der Waals surface area contributed by atoms with Gasteiger partial charge in [0.05, 0.1) is 23.4 Å². The third-order valence-electron chi connectivity index (χ3n) is 4.15. The topological polar surface area (TPSA) is 57.1 Å². The molecule has 2 aromatic carbocycles. The summed E-state index contributed by atoms with van der Waals surface area (Å²) in [6.45, 7) is -0.349. The Morgan fingerprint density at radius 3 is 2.62 bits per heavy atom. The van der Waals surface area contributed by atoms with Gasteiger partial charge in [0.1, 0.15) is 5.75 Å². The number of esters is 1. The number of hydrogen-bond acceptors (Lipinski definition) is 5. The molecule has 0 aromatic heterocycles. The number of oxime groups is 1. The number of fused-ring (bicyclic) bond motifs is 1. The molecular formula is C19H14ClF4NO4. The van der Waals surface area contributed by atoms with Gasteiger partial charge in [-0.15, -0.1) is 0 Å². The zero-order valence-corrected chi connectivity index (χ0v) is 15.7. The number of aryl methyl sites for hydroxylation is 1. The summed E-state index contributed by atoms with van der Waals surface area (Å²) in [5.41, 5.74) is 0.930. The minimum atomic E-state index is -4.73. The van der Waals surface area contributed by atoms with E-state index in [4.69, 9.17) is 21.2 Å². The van der Waals surface area contributed by atoms with Crippen LogP contribution in [0.15, 0.2) is 35.5 Å². The molecule has 1 aliphatic carbocycles. The fourth-order valence-corrected chi connectivity index (χ4v) is 3.00. The Morgan fingerprint density at radius 1 is 1.21 bits per heavy atom. The average Bonchev–Trinajstić information content (AvgIpc) is 3.06. The van der Waals surface area contributed by atoms with Crippen molar-refractivity contribution in [2.45, 2.75) is 19.0 Å². The molecule has 0 amide bonds. The van der Waals surface area contributed by atoms with Crippen LogP contribution < -0.4 is 4.74 Å². The number of carbonyl (C=O) groups excluding carboxylic acids is 1. The Bertz CT molecular complexity index is 952. The van der Waals surface area contributed by atoms with Gasteiger partial charge in [0.25, 0.3) is 0 Å². The zero-order chi connectivity index (χ0) is 21.2. The van der Waals surface area contributed by atoms with Crippen LogP contribution in [0.2, 0.25) is 5.02 Å². The van der Waals surface area contributed by atoms with Crippen molar-refractivity contribution < 1.29 is 36.7 Å². The molecule has 0 radical (unpaired) electrons. The van der Waals surface area contributed by atoms with Gasteiger partial charge in [-0.25, -0.2) is 9.18 Å². The summed E-state index contributed by atoms with van der Waals surface area (Å²) in [4.78, 5) is 16.0. The smallest absolute Gasteiger partial charge is 0.416 e. The number of alkyl halides is 3. The van der Waals surface area contributed by atoms with Crippen LogP contribution in [0.5, 0.6) is 11.5 Å². The maximum Gasteiger partial charge on any atom is 0.416 e. The van der Waals surface area contributed by atoms with Gasteiger partial charge in [-0.1, -0.05) is 22.8 Å². The monoisotopic (exact) mass is 431 g/mol. The van der Waals surface area contributed by atoms with Crippen LogP contribution in [-0.2, 0) is 27.0 Å². The average molecular weight is 432 g/mol. The Kier molecular flexibility index (Phi) is 5.97. The lowest BCUT2D eigenvalue weighted by Gasteiger charge is -2.13. The summed E-state index contributed by atoms with van der Waals surface area (Å²) in [5, 5.41) is 3.40. The minimum absolute atomic E-state index is 0.159. The molecule has 29 heavy (non-hydrogen) atoms. The van der Waals surface area contributed by atoms with Gasteiger partial charge in [0.2, 0.25) is 6.61 Å². The van der Waals surface area contributed by atoms with E-state index in [9.17, 15) is 22.4 Å². The molecule has 0 aliphatic heterocycles.